The number of non-ortho nitro benzene ring substituents is 1. The van der Waals surface area contributed by atoms with E-state index in [0.717, 1.165) is 30.4 Å². The third kappa shape index (κ3) is 3.92. The van der Waals surface area contributed by atoms with Gasteiger partial charge in [-0.3, -0.25) is 15.0 Å². The van der Waals surface area contributed by atoms with Crippen molar-refractivity contribution in [3.05, 3.63) is 75.5 Å². The predicted molar refractivity (Wildman–Crippen MR) is 117 cm³/mol. The predicted octanol–water partition coefficient (Wildman–Crippen LogP) is 5.75. The Balaban J connectivity index is 1.64. The number of nitro groups is 1. The van der Waals surface area contributed by atoms with Crippen molar-refractivity contribution in [1.82, 2.24) is 9.88 Å². The van der Waals surface area contributed by atoms with Gasteiger partial charge in [-0.1, -0.05) is 51.1 Å². The number of rotatable bonds is 5. The first-order valence-electron chi connectivity index (χ1n) is 10.4. The first-order chi connectivity index (χ1) is 13.8. The lowest BCUT2D eigenvalue weighted by atomic mass is 9.88. The summed E-state index contributed by atoms with van der Waals surface area (Å²) in [5, 5.41) is 12.3. The van der Waals surface area contributed by atoms with Gasteiger partial charge in [-0.15, -0.1) is 0 Å². The van der Waals surface area contributed by atoms with Gasteiger partial charge in [-0.25, -0.2) is 0 Å². The average Bonchev–Trinajstić information content (AvgIpc) is 3.30. The molecular weight excluding hydrogens is 362 g/mol. The zero-order chi connectivity index (χ0) is 20.6. The van der Waals surface area contributed by atoms with Crippen LogP contribution in [-0.2, 0) is 11.8 Å². The zero-order valence-electron chi connectivity index (χ0n) is 17.4. The normalized spacial score (nSPS) is 17.8. The van der Waals surface area contributed by atoms with Gasteiger partial charge >= 0.3 is 0 Å². The highest BCUT2D eigenvalue weighted by atomic mass is 16.6. The minimum Gasteiger partial charge on any atom is -0.358 e. The zero-order valence-corrected chi connectivity index (χ0v) is 17.4. The van der Waals surface area contributed by atoms with E-state index in [1.54, 1.807) is 12.1 Å². The summed E-state index contributed by atoms with van der Waals surface area (Å²) < 4.78 is 0. The molecule has 5 nitrogen and oxygen atoms in total. The molecule has 2 heterocycles. The highest BCUT2D eigenvalue weighted by Gasteiger charge is 2.28. The van der Waals surface area contributed by atoms with E-state index in [4.69, 9.17) is 0 Å². The number of nitrogens with zero attached hydrogens (tertiary/aromatic N) is 2. The largest absolute Gasteiger partial charge is 0.358 e. The number of benzene rings is 2. The molecule has 1 aliphatic heterocycles. The maximum absolute atomic E-state index is 11.2. The number of likely N-dealkylation sites (tertiary alicyclic amines) is 1. The van der Waals surface area contributed by atoms with Gasteiger partial charge in [0.25, 0.3) is 5.69 Å². The van der Waals surface area contributed by atoms with E-state index in [1.165, 1.54) is 29.7 Å². The maximum Gasteiger partial charge on any atom is 0.271 e. The van der Waals surface area contributed by atoms with Crippen molar-refractivity contribution in [3.63, 3.8) is 0 Å². The molecule has 1 saturated heterocycles. The summed E-state index contributed by atoms with van der Waals surface area (Å²) in [6.45, 7) is 8.69. The molecular formula is C24H29N3O2. The van der Waals surface area contributed by atoms with Gasteiger partial charge in [0.05, 0.1) is 10.4 Å². The van der Waals surface area contributed by atoms with Crippen molar-refractivity contribution in [2.75, 3.05) is 13.1 Å². The molecule has 0 amide bonds. The van der Waals surface area contributed by atoms with E-state index in [2.05, 4.69) is 61.0 Å². The van der Waals surface area contributed by atoms with Crippen LogP contribution in [0.3, 0.4) is 0 Å². The van der Waals surface area contributed by atoms with Crippen LogP contribution in [0.2, 0.25) is 0 Å². The fourth-order valence-corrected chi connectivity index (χ4v) is 4.66. The van der Waals surface area contributed by atoms with Crippen LogP contribution in [-0.4, -0.2) is 27.9 Å². The van der Waals surface area contributed by atoms with E-state index in [1.807, 2.05) is 6.07 Å². The number of nitro benzene ring substituents is 1. The van der Waals surface area contributed by atoms with E-state index < -0.39 is 0 Å². The molecule has 1 N–H and O–H groups in total. The van der Waals surface area contributed by atoms with Crippen LogP contribution in [0.25, 0.3) is 10.9 Å². The van der Waals surface area contributed by atoms with Crippen molar-refractivity contribution in [1.29, 1.82) is 0 Å². The molecule has 2 aromatic carbocycles. The van der Waals surface area contributed by atoms with Crippen LogP contribution in [0.15, 0.2) is 48.5 Å². The minimum absolute atomic E-state index is 0.0486. The molecule has 1 aliphatic rings. The van der Waals surface area contributed by atoms with Crippen LogP contribution in [0.4, 0.5) is 5.69 Å². The standard InChI is InChI=1S/C24H29N3O2/c1-24(2,3)23-20(19-12-11-18(27(28)29)16-21(19)25-23)13-15-26-14-7-10-22(26)17-8-5-4-6-9-17/h4-6,8-9,11-12,16,22,25H,7,10,13-15H2,1-3H3. The van der Waals surface area contributed by atoms with Crippen LogP contribution in [0.1, 0.15) is 56.5 Å². The Morgan fingerprint density at radius 1 is 1.17 bits per heavy atom. The lowest BCUT2D eigenvalue weighted by Gasteiger charge is -2.26. The van der Waals surface area contributed by atoms with Crippen LogP contribution in [0, 0.1) is 10.1 Å². The molecule has 0 aliphatic carbocycles. The lowest BCUT2D eigenvalue weighted by molar-refractivity contribution is -0.384. The maximum atomic E-state index is 11.2. The Labute approximate surface area is 171 Å². The molecule has 29 heavy (non-hydrogen) atoms. The molecule has 0 spiro atoms. The molecule has 1 unspecified atom stereocenters. The Morgan fingerprint density at radius 3 is 2.62 bits per heavy atom. The monoisotopic (exact) mass is 391 g/mol. The number of aromatic nitrogens is 1. The summed E-state index contributed by atoms with van der Waals surface area (Å²) in [7, 11) is 0. The minimum atomic E-state index is -0.328. The number of H-pyrrole nitrogens is 1. The molecule has 5 heteroatoms. The van der Waals surface area contributed by atoms with Crippen LogP contribution >= 0.6 is 0 Å². The van der Waals surface area contributed by atoms with Gasteiger partial charge in [0.2, 0.25) is 0 Å². The Kier molecular flexibility index (Phi) is 5.17. The summed E-state index contributed by atoms with van der Waals surface area (Å²) in [5.74, 6) is 0. The van der Waals surface area contributed by atoms with Gasteiger partial charge in [0.15, 0.2) is 0 Å². The molecule has 0 saturated carbocycles. The highest BCUT2D eigenvalue weighted by Crippen LogP contribution is 2.35. The number of hydrogen-bond donors (Lipinski definition) is 1. The Morgan fingerprint density at radius 2 is 1.93 bits per heavy atom. The summed E-state index contributed by atoms with van der Waals surface area (Å²) in [6.07, 6.45) is 3.37. The van der Waals surface area contributed by atoms with Gasteiger partial charge in [0.1, 0.15) is 0 Å². The Hall–Kier alpha value is -2.66. The van der Waals surface area contributed by atoms with Crippen molar-refractivity contribution < 1.29 is 4.92 Å². The van der Waals surface area contributed by atoms with Crippen molar-refractivity contribution in [2.45, 2.75) is 51.5 Å². The van der Waals surface area contributed by atoms with Gasteiger partial charge in [-0.05, 0) is 43.0 Å². The van der Waals surface area contributed by atoms with Gasteiger partial charge in [-0.2, -0.15) is 0 Å². The molecule has 0 bridgehead atoms. The van der Waals surface area contributed by atoms with E-state index in [0.29, 0.717) is 6.04 Å². The quantitative estimate of drug-likeness (QED) is 0.445. The second-order valence-corrected chi connectivity index (χ2v) is 9.07. The van der Waals surface area contributed by atoms with E-state index >= 15 is 0 Å². The number of aromatic amines is 1. The third-order valence-corrected chi connectivity index (χ3v) is 6.05. The Bertz CT molecular complexity index is 1020. The average molecular weight is 392 g/mol. The number of hydrogen-bond acceptors (Lipinski definition) is 3. The van der Waals surface area contributed by atoms with Crippen LogP contribution < -0.4 is 0 Å². The fourth-order valence-electron chi connectivity index (χ4n) is 4.66. The molecule has 0 radical (unpaired) electrons. The number of fused-ring (bicyclic) bond motifs is 1. The summed E-state index contributed by atoms with van der Waals surface area (Å²) in [6, 6.07) is 16.5. The second-order valence-electron chi connectivity index (χ2n) is 9.07. The summed E-state index contributed by atoms with van der Waals surface area (Å²) in [5.41, 5.74) is 4.82. The van der Waals surface area contributed by atoms with Crippen molar-refractivity contribution in [2.24, 2.45) is 0 Å². The fraction of sp³-hybridized carbons (Fsp3) is 0.417. The second kappa shape index (κ2) is 7.64. The third-order valence-electron chi connectivity index (χ3n) is 6.05. The first-order valence-corrected chi connectivity index (χ1v) is 10.4. The highest BCUT2D eigenvalue weighted by molar-refractivity contribution is 5.87. The van der Waals surface area contributed by atoms with E-state index in [9.17, 15) is 10.1 Å². The molecule has 1 atom stereocenters. The lowest BCUT2D eigenvalue weighted by Crippen LogP contribution is -2.26. The van der Waals surface area contributed by atoms with Crippen molar-refractivity contribution >= 4 is 16.6 Å². The summed E-state index contributed by atoms with van der Waals surface area (Å²) >= 11 is 0. The topological polar surface area (TPSA) is 62.2 Å². The molecule has 1 fully saturated rings. The number of nitrogens with one attached hydrogen (secondary N) is 1. The van der Waals surface area contributed by atoms with E-state index in [-0.39, 0.29) is 16.0 Å². The van der Waals surface area contributed by atoms with Crippen LogP contribution in [0.5, 0.6) is 0 Å². The molecule has 1 aromatic heterocycles. The van der Waals surface area contributed by atoms with Gasteiger partial charge in [0, 0.05) is 41.2 Å². The first kappa shape index (κ1) is 19.6. The molecule has 4 rings (SSSR count). The summed E-state index contributed by atoms with van der Waals surface area (Å²) in [4.78, 5) is 16.9. The molecule has 152 valence electrons. The SMILES string of the molecule is CC(C)(C)c1[nH]c2cc([N+](=O)[O-])ccc2c1CCN1CCCC1c1ccccc1. The smallest absolute Gasteiger partial charge is 0.271 e. The van der Waals surface area contributed by atoms with Crippen molar-refractivity contribution in [3.8, 4) is 0 Å². The van der Waals surface area contributed by atoms with Gasteiger partial charge < -0.3 is 4.98 Å². The molecule has 3 aromatic rings.